The quantitative estimate of drug-likeness (QED) is 0.842. The number of aromatic nitrogens is 1. The molecule has 0 radical (unpaired) electrons. The van der Waals surface area contributed by atoms with Gasteiger partial charge in [0.05, 0.1) is 18.2 Å². The largest absolute Gasteiger partial charge is 0.482 e. The summed E-state index contributed by atoms with van der Waals surface area (Å²) < 4.78 is 5.28. The molecule has 0 saturated carbocycles. The third kappa shape index (κ3) is 2.30. The minimum absolute atomic E-state index is 0.0405. The Morgan fingerprint density at radius 1 is 1.33 bits per heavy atom. The van der Waals surface area contributed by atoms with Gasteiger partial charge in [-0.1, -0.05) is 23.8 Å². The van der Waals surface area contributed by atoms with Gasteiger partial charge in [-0.2, -0.15) is 0 Å². The van der Waals surface area contributed by atoms with Gasteiger partial charge in [-0.25, -0.2) is 0 Å². The van der Waals surface area contributed by atoms with Gasteiger partial charge < -0.3 is 9.72 Å². The van der Waals surface area contributed by atoms with Gasteiger partial charge in [-0.15, -0.1) is 0 Å². The van der Waals surface area contributed by atoms with Crippen molar-refractivity contribution in [1.82, 2.24) is 4.98 Å². The van der Waals surface area contributed by atoms with Gasteiger partial charge in [-0.05, 0) is 32.4 Å². The zero-order chi connectivity index (χ0) is 13.1. The summed E-state index contributed by atoms with van der Waals surface area (Å²) in [5.74, 6) is 0.552. The van der Waals surface area contributed by atoms with Crippen molar-refractivity contribution < 1.29 is 4.74 Å². The molecule has 1 aromatic heterocycles. The van der Waals surface area contributed by atoms with E-state index in [1.54, 1.807) is 7.11 Å². The number of rotatable bonds is 3. The SMILES string of the molecule is COc1[nH]c2ccccc2c(=O)c1CC=C(C)C. The first-order valence-electron chi connectivity index (χ1n) is 5.94. The lowest BCUT2D eigenvalue weighted by molar-refractivity contribution is 0.395. The molecule has 0 saturated heterocycles. The number of fused-ring (bicyclic) bond motifs is 1. The molecule has 94 valence electrons. The number of methoxy groups -OCH3 is 1. The highest BCUT2D eigenvalue weighted by molar-refractivity contribution is 5.79. The van der Waals surface area contributed by atoms with Crippen LogP contribution in [0.4, 0.5) is 0 Å². The van der Waals surface area contributed by atoms with E-state index in [1.165, 1.54) is 5.57 Å². The molecule has 0 aliphatic carbocycles. The highest BCUT2D eigenvalue weighted by Gasteiger charge is 2.10. The number of allylic oxidation sites excluding steroid dienone is 2. The lowest BCUT2D eigenvalue weighted by Gasteiger charge is -2.08. The van der Waals surface area contributed by atoms with E-state index in [0.717, 1.165) is 5.52 Å². The lowest BCUT2D eigenvalue weighted by atomic mass is 10.1. The molecule has 1 N–H and O–H groups in total. The molecule has 0 amide bonds. The molecule has 0 bridgehead atoms. The Labute approximate surface area is 106 Å². The van der Waals surface area contributed by atoms with E-state index in [9.17, 15) is 4.79 Å². The standard InChI is InChI=1S/C15H17NO2/c1-10(2)8-9-12-14(17)11-6-4-5-7-13(11)16-15(12)18-3/h4-8H,9H2,1-3H3,(H,16,17). The Bertz CT molecular complexity index is 649. The fraction of sp³-hybridized carbons (Fsp3) is 0.267. The molecule has 2 rings (SSSR count). The molecule has 0 aliphatic heterocycles. The van der Waals surface area contributed by atoms with Gasteiger partial charge in [0.1, 0.15) is 0 Å². The first-order chi connectivity index (χ1) is 8.63. The summed E-state index contributed by atoms with van der Waals surface area (Å²) in [5.41, 5.74) is 2.71. The number of benzene rings is 1. The van der Waals surface area contributed by atoms with Crippen molar-refractivity contribution in [3.8, 4) is 5.88 Å². The molecular formula is C15H17NO2. The molecule has 3 nitrogen and oxygen atoms in total. The van der Waals surface area contributed by atoms with Gasteiger partial charge in [-0.3, -0.25) is 4.79 Å². The van der Waals surface area contributed by atoms with Gasteiger partial charge in [0.15, 0.2) is 11.3 Å². The number of para-hydroxylation sites is 1. The van der Waals surface area contributed by atoms with E-state index in [-0.39, 0.29) is 5.43 Å². The maximum atomic E-state index is 12.4. The number of H-pyrrole nitrogens is 1. The minimum Gasteiger partial charge on any atom is -0.482 e. The maximum Gasteiger partial charge on any atom is 0.198 e. The zero-order valence-electron chi connectivity index (χ0n) is 10.9. The highest BCUT2D eigenvalue weighted by Crippen LogP contribution is 2.18. The molecule has 3 heteroatoms. The summed E-state index contributed by atoms with van der Waals surface area (Å²) in [6.07, 6.45) is 2.62. The smallest absolute Gasteiger partial charge is 0.198 e. The fourth-order valence-corrected chi connectivity index (χ4v) is 1.92. The Hall–Kier alpha value is -2.03. The molecule has 0 atom stereocenters. The van der Waals surface area contributed by atoms with Gasteiger partial charge in [0.25, 0.3) is 0 Å². The van der Waals surface area contributed by atoms with Gasteiger partial charge >= 0.3 is 0 Å². The average molecular weight is 243 g/mol. The molecule has 0 spiro atoms. The Morgan fingerprint density at radius 3 is 2.72 bits per heavy atom. The normalized spacial score (nSPS) is 10.4. The lowest BCUT2D eigenvalue weighted by Crippen LogP contribution is -2.12. The Balaban J connectivity index is 2.67. The number of pyridine rings is 1. The van der Waals surface area contributed by atoms with Crippen LogP contribution in [0.5, 0.6) is 5.88 Å². The second-order valence-electron chi connectivity index (χ2n) is 4.50. The van der Waals surface area contributed by atoms with Gasteiger partial charge in [0, 0.05) is 5.39 Å². The van der Waals surface area contributed by atoms with Crippen LogP contribution in [0.1, 0.15) is 19.4 Å². The first kappa shape index (κ1) is 12.4. The van der Waals surface area contributed by atoms with Crippen LogP contribution in [-0.4, -0.2) is 12.1 Å². The average Bonchev–Trinajstić information content (AvgIpc) is 2.37. The molecule has 2 aromatic rings. The third-order valence-corrected chi connectivity index (χ3v) is 2.89. The van der Waals surface area contributed by atoms with Crippen molar-refractivity contribution in [1.29, 1.82) is 0 Å². The van der Waals surface area contributed by atoms with Crippen LogP contribution in [-0.2, 0) is 6.42 Å². The molecule has 0 aliphatic rings. The molecular weight excluding hydrogens is 226 g/mol. The third-order valence-electron chi connectivity index (χ3n) is 2.89. The summed E-state index contributed by atoms with van der Waals surface area (Å²) in [6, 6.07) is 7.48. The van der Waals surface area contributed by atoms with Crippen molar-refractivity contribution in [3.05, 3.63) is 51.7 Å². The monoisotopic (exact) mass is 243 g/mol. The predicted octanol–water partition coefficient (Wildman–Crippen LogP) is 3.05. The summed E-state index contributed by atoms with van der Waals surface area (Å²) in [5, 5.41) is 0.704. The molecule has 1 aromatic carbocycles. The summed E-state index contributed by atoms with van der Waals surface area (Å²) in [4.78, 5) is 15.5. The number of hydrogen-bond donors (Lipinski definition) is 1. The molecule has 0 fully saturated rings. The van der Waals surface area contributed by atoms with Crippen LogP contribution in [0.3, 0.4) is 0 Å². The minimum atomic E-state index is 0.0405. The van der Waals surface area contributed by atoms with Crippen LogP contribution >= 0.6 is 0 Å². The van der Waals surface area contributed by atoms with E-state index in [2.05, 4.69) is 4.98 Å². The van der Waals surface area contributed by atoms with Crippen molar-refractivity contribution in [2.75, 3.05) is 7.11 Å². The number of aromatic amines is 1. The van der Waals surface area contributed by atoms with Crippen LogP contribution < -0.4 is 10.2 Å². The van der Waals surface area contributed by atoms with Gasteiger partial charge in [0.2, 0.25) is 0 Å². The van der Waals surface area contributed by atoms with Crippen LogP contribution in [0.15, 0.2) is 40.7 Å². The molecule has 0 unspecified atom stereocenters. The maximum absolute atomic E-state index is 12.4. The van der Waals surface area contributed by atoms with Crippen LogP contribution in [0.25, 0.3) is 10.9 Å². The zero-order valence-corrected chi connectivity index (χ0v) is 10.9. The Kier molecular flexibility index (Phi) is 3.51. The van der Waals surface area contributed by atoms with E-state index in [0.29, 0.717) is 23.3 Å². The topological polar surface area (TPSA) is 42.1 Å². The van der Waals surface area contributed by atoms with Crippen molar-refractivity contribution in [2.24, 2.45) is 0 Å². The van der Waals surface area contributed by atoms with E-state index in [1.807, 2.05) is 44.2 Å². The van der Waals surface area contributed by atoms with Crippen LogP contribution in [0.2, 0.25) is 0 Å². The Morgan fingerprint density at radius 2 is 2.06 bits per heavy atom. The molecule has 1 heterocycles. The summed E-state index contributed by atoms with van der Waals surface area (Å²) in [7, 11) is 1.58. The first-order valence-corrected chi connectivity index (χ1v) is 5.94. The van der Waals surface area contributed by atoms with E-state index in [4.69, 9.17) is 4.74 Å². The summed E-state index contributed by atoms with van der Waals surface area (Å²) >= 11 is 0. The summed E-state index contributed by atoms with van der Waals surface area (Å²) in [6.45, 7) is 4.03. The van der Waals surface area contributed by atoms with E-state index >= 15 is 0 Å². The second kappa shape index (κ2) is 5.08. The highest BCUT2D eigenvalue weighted by atomic mass is 16.5. The van der Waals surface area contributed by atoms with Crippen molar-refractivity contribution >= 4 is 10.9 Å². The second-order valence-corrected chi connectivity index (χ2v) is 4.50. The predicted molar refractivity (Wildman–Crippen MR) is 74.3 cm³/mol. The fourth-order valence-electron chi connectivity index (χ4n) is 1.92. The molecule has 18 heavy (non-hydrogen) atoms. The van der Waals surface area contributed by atoms with Crippen molar-refractivity contribution in [2.45, 2.75) is 20.3 Å². The van der Waals surface area contributed by atoms with E-state index < -0.39 is 0 Å². The number of hydrogen-bond acceptors (Lipinski definition) is 2. The number of ether oxygens (including phenoxy) is 1. The number of nitrogens with one attached hydrogen (secondary N) is 1. The van der Waals surface area contributed by atoms with Crippen LogP contribution in [0, 0.1) is 0 Å². The van der Waals surface area contributed by atoms with Crippen molar-refractivity contribution in [3.63, 3.8) is 0 Å².